The minimum absolute atomic E-state index is 0.224. The highest BCUT2D eigenvalue weighted by atomic mass is 32.2. The molecule has 0 spiro atoms. The van der Waals surface area contributed by atoms with Crippen molar-refractivity contribution in [2.24, 2.45) is 5.10 Å². The van der Waals surface area contributed by atoms with Crippen molar-refractivity contribution in [1.82, 2.24) is 4.83 Å². The second-order valence-corrected chi connectivity index (χ2v) is 6.57. The second-order valence-electron chi connectivity index (χ2n) is 4.91. The zero-order valence-corrected chi connectivity index (χ0v) is 13.6. The standard InChI is InChI=1S/C16H15N3O4S/c1-13(10-14-6-3-2-4-7-14)12-17-18-24(22,23)16-9-5-8-15(11-16)19(20)21/h2-12,18H,1H3/b13-10+,17-12+. The molecule has 2 aromatic carbocycles. The summed E-state index contributed by atoms with van der Waals surface area (Å²) in [5.74, 6) is 0. The Morgan fingerprint density at radius 3 is 2.54 bits per heavy atom. The van der Waals surface area contributed by atoms with Crippen molar-refractivity contribution in [3.05, 3.63) is 75.8 Å². The van der Waals surface area contributed by atoms with Crippen LogP contribution in [0.1, 0.15) is 12.5 Å². The van der Waals surface area contributed by atoms with E-state index in [1.165, 1.54) is 24.4 Å². The number of nitrogens with zero attached hydrogens (tertiary/aromatic N) is 2. The molecule has 7 nitrogen and oxygen atoms in total. The Bertz CT molecular complexity index is 891. The van der Waals surface area contributed by atoms with E-state index in [1.54, 1.807) is 6.92 Å². The minimum atomic E-state index is -3.96. The Morgan fingerprint density at radius 2 is 1.88 bits per heavy atom. The van der Waals surface area contributed by atoms with Gasteiger partial charge in [0.05, 0.1) is 16.0 Å². The number of rotatable bonds is 6. The summed E-state index contributed by atoms with van der Waals surface area (Å²) in [5.41, 5.74) is 1.40. The van der Waals surface area contributed by atoms with E-state index in [9.17, 15) is 18.5 Å². The van der Waals surface area contributed by atoms with Crippen LogP contribution in [0, 0.1) is 10.1 Å². The molecule has 0 heterocycles. The highest BCUT2D eigenvalue weighted by molar-refractivity contribution is 7.89. The quantitative estimate of drug-likeness (QED) is 0.494. The summed E-state index contributed by atoms with van der Waals surface area (Å²) in [4.78, 5) is 11.9. The van der Waals surface area contributed by atoms with Crippen LogP contribution in [0.4, 0.5) is 5.69 Å². The second kappa shape index (κ2) is 7.51. The van der Waals surface area contributed by atoms with Crippen LogP contribution in [0.5, 0.6) is 0 Å². The first-order chi connectivity index (χ1) is 11.4. The summed E-state index contributed by atoms with van der Waals surface area (Å²) < 4.78 is 24.2. The van der Waals surface area contributed by atoms with Gasteiger partial charge in [-0.15, -0.1) is 0 Å². The van der Waals surface area contributed by atoms with Gasteiger partial charge in [0.15, 0.2) is 0 Å². The highest BCUT2D eigenvalue weighted by Gasteiger charge is 2.16. The fourth-order valence-corrected chi connectivity index (χ4v) is 2.69. The fraction of sp³-hybridized carbons (Fsp3) is 0.0625. The molecular weight excluding hydrogens is 330 g/mol. The predicted molar refractivity (Wildman–Crippen MR) is 92.0 cm³/mol. The number of benzene rings is 2. The van der Waals surface area contributed by atoms with E-state index in [4.69, 9.17) is 0 Å². The minimum Gasteiger partial charge on any atom is -0.258 e. The number of non-ortho nitro benzene ring substituents is 1. The van der Waals surface area contributed by atoms with Gasteiger partial charge in [0.2, 0.25) is 0 Å². The Kier molecular flexibility index (Phi) is 5.43. The lowest BCUT2D eigenvalue weighted by molar-refractivity contribution is -0.385. The van der Waals surface area contributed by atoms with E-state index in [0.717, 1.165) is 17.2 Å². The van der Waals surface area contributed by atoms with Crippen LogP contribution in [0.3, 0.4) is 0 Å². The van der Waals surface area contributed by atoms with Gasteiger partial charge in [-0.3, -0.25) is 10.1 Å². The van der Waals surface area contributed by atoms with Crippen LogP contribution in [-0.2, 0) is 10.0 Å². The third kappa shape index (κ3) is 4.75. The maximum Gasteiger partial charge on any atom is 0.276 e. The van der Waals surface area contributed by atoms with Gasteiger partial charge in [0.1, 0.15) is 0 Å². The van der Waals surface area contributed by atoms with Crippen molar-refractivity contribution in [3.63, 3.8) is 0 Å². The molecule has 124 valence electrons. The van der Waals surface area contributed by atoms with Gasteiger partial charge in [-0.05, 0) is 24.1 Å². The number of sulfonamides is 1. The summed E-state index contributed by atoms with van der Waals surface area (Å²) in [7, 11) is -3.96. The molecular formula is C16H15N3O4S. The fourth-order valence-electron chi connectivity index (χ4n) is 1.86. The molecule has 2 aromatic rings. The van der Waals surface area contributed by atoms with Crippen molar-refractivity contribution >= 4 is 28.0 Å². The van der Waals surface area contributed by atoms with Crippen LogP contribution >= 0.6 is 0 Å². The molecule has 0 saturated heterocycles. The number of allylic oxidation sites excluding steroid dienone is 1. The third-order valence-electron chi connectivity index (χ3n) is 2.97. The molecule has 0 aliphatic heterocycles. The smallest absolute Gasteiger partial charge is 0.258 e. The van der Waals surface area contributed by atoms with E-state index < -0.39 is 14.9 Å². The van der Waals surface area contributed by atoms with E-state index in [-0.39, 0.29) is 10.6 Å². The average Bonchev–Trinajstić information content (AvgIpc) is 2.55. The van der Waals surface area contributed by atoms with Crippen molar-refractivity contribution in [3.8, 4) is 0 Å². The van der Waals surface area contributed by atoms with E-state index in [2.05, 4.69) is 5.10 Å². The average molecular weight is 345 g/mol. The van der Waals surface area contributed by atoms with Crippen LogP contribution in [-0.4, -0.2) is 19.6 Å². The molecule has 0 aliphatic rings. The molecule has 24 heavy (non-hydrogen) atoms. The molecule has 0 unspecified atom stereocenters. The largest absolute Gasteiger partial charge is 0.276 e. The topological polar surface area (TPSA) is 102 Å². The van der Waals surface area contributed by atoms with E-state index in [1.807, 2.05) is 41.2 Å². The lowest BCUT2D eigenvalue weighted by Gasteiger charge is -2.03. The molecule has 0 aromatic heterocycles. The van der Waals surface area contributed by atoms with Gasteiger partial charge in [-0.25, -0.2) is 4.83 Å². The summed E-state index contributed by atoms with van der Waals surface area (Å²) in [5, 5.41) is 14.4. The number of nitrogens with one attached hydrogen (secondary N) is 1. The Morgan fingerprint density at radius 1 is 1.17 bits per heavy atom. The molecule has 0 aliphatic carbocycles. The third-order valence-corrected chi connectivity index (χ3v) is 4.19. The summed E-state index contributed by atoms with van der Waals surface area (Å²) >= 11 is 0. The maximum atomic E-state index is 12.1. The number of nitro groups is 1. The van der Waals surface area contributed by atoms with E-state index in [0.29, 0.717) is 0 Å². The lowest BCUT2D eigenvalue weighted by Crippen LogP contribution is -2.18. The van der Waals surface area contributed by atoms with Gasteiger partial charge < -0.3 is 0 Å². The Balaban J connectivity index is 2.11. The summed E-state index contributed by atoms with van der Waals surface area (Å²) in [6.07, 6.45) is 3.20. The van der Waals surface area contributed by atoms with Gasteiger partial charge in [0, 0.05) is 12.1 Å². The number of hydrogen-bond donors (Lipinski definition) is 1. The molecule has 0 fully saturated rings. The first-order valence-electron chi connectivity index (χ1n) is 6.91. The van der Waals surface area contributed by atoms with Crippen molar-refractivity contribution < 1.29 is 13.3 Å². The molecule has 1 N–H and O–H groups in total. The summed E-state index contributed by atoms with van der Waals surface area (Å²) in [6.45, 7) is 1.78. The van der Waals surface area contributed by atoms with Crippen LogP contribution < -0.4 is 4.83 Å². The normalized spacial score (nSPS) is 12.3. The first kappa shape index (κ1) is 17.4. The Labute approximate surface area is 139 Å². The predicted octanol–water partition coefficient (Wildman–Crippen LogP) is 2.96. The number of hydrogen-bond acceptors (Lipinski definition) is 5. The van der Waals surface area contributed by atoms with Gasteiger partial charge in [-0.1, -0.05) is 42.5 Å². The molecule has 2 rings (SSSR count). The molecule has 0 atom stereocenters. The van der Waals surface area contributed by atoms with Crippen LogP contribution in [0.15, 0.2) is 70.2 Å². The number of nitro benzene ring substituents is 1. The molecule has 0 bridgehead atoms. The van der Waals surface area contributed by atoms with Gasteiger partial charge in [0.25, 0.3) is 15.7 Å². The van der Waals surface area contributed by atoms with Crippen molar-refractivity contribution in [2.45, 2.75) is 11.8 Å². The van der Waals surface area contributed by atoms with Crippen LogP contribution in [0.25, 0.3) is 6.08 Å². The van der Waals surface area contributed by atoms with E-state index >= 15 is 0 Å². The van der Waals surface area contributed by atoms with Crippen LogP contribution in [0.2, 0.25) is 0 Å². The zero-order chi connectivity index (χ0) is 17.6. The van der Waals surface area contributed by atoms with Gasteiger partial charge in [-0.2, -0.15) is 13.5 Å². The molecule has 0 radical (unpaired) electrons. The Hall–Kier alpha value is -3.00. The SMILES string of the molecule is CC(/C=N/NS(=O)(=O)c1cccc([N+](=O)[O-])c1)=C\c1ccccc1. The first-order valence-corrected chi connectivity index (χ1v) is 8.39. The monoisotopic (exact) mass is 345 g/mol. The van der Waals surface area contributed by atoms with Gasteiger partial charge >= 0.3 is 0 Å². The molecule has 8 heteroatoms. The van der Waals surface area contributed by atoms with Crippen molar-refractivity contribution in [2.75, 3.05) is 0 Å². The highest BCUT2D eigenvalue weighted by Crippen LogP contribution is 2.17. The summed E-state index contributed by atoms with van der Waals surface area (Å²) in [6, 6.07) is 14.2. The maximum absolute atomic E-state index is 12.1. The molecule has 0 saturated carbocycles. The van der Waals surface area contributed by atoms with Crippen molar-refractivity contribution in [1.29, 1.82) is 0 Å². The molecule has 0 amide bonds. The number of hydrazone groups is 1. The lowest BCUT2D eigenvalue weighted by atomic mass is 10.1. The zero-order valence-electron chi connectivity index (χ0n) is 12.8.